The summed E-state index contributed by atoms with van der Waals surface area (Å²) in [6, 6.07) is 15.3. The fourth-order valence-corrected chi connectivity index (χ4v) is 3.17. The minimum absolute atomic E-state index is 0.107. The fraction of sp³-hybridized carbons (Fsp3) is 0.250. The van der Waals surface area contributed by atoms with E-state index < -0.39 is 0 Å². The van der Waals surface area contributed by atoms with Crippen molar-refractivity contribution in [2.24, 2.45) is 5.92 Å². The molecule has 2 aromatic carbocycles. The second-order valence-electron chi connectivity index (χ2n) is 6.54. The van der Waals surface area contributed by atoms with Gasteiger partial charge in [-0.15, -0.1) is 0 Å². The predicted molar refractivity (Wildman–Crippen MR) is 97.6 cm³/mol. The SMILES string of the molecule is O=C(Nc1cccc(Cc2n[nH]c(=O)c3ccccc23)c1)C1CCC1. The Bertz CT molecular complexity index is 989. The van der Waals surface area contributed by atoms with Crippen LogP contribution in [-0.4, -0.2) is 16.1 Å². The molecule has 0 saturated heterocycles. The molecule has 5 heteroatoms. The maximum atomic E-state index is 12.1. The number of aromatic nitrogens is 2. The van der Waals surface area contributed by atoms with Gasteiger partial charge in [0.25, 0.3) is 5.56 Å². The smallest absolute Gasteiger partial charge is 0.272 e. The van der Waals surface area contributed by atoms with Crippen LogP contribution in [0.15, 0.2) is 53.3 Å². The standard InChI is InChI=1S/C20H19N3O2/c24-19(14-6-4-7-14)21-15-8-3-5-13(11-15)12-18-16-9-1-2-10-17(16)20(25)23-22-18/h1-3,5,8-11,14H,4,6-7,12H2,(H,21,24)(H,23,25). The molecule has 1 heterocycles. The van der Waals surface area contributed by atoms with E-state index in [9.17, 15) is 9.59 Å². The van der Waals surface area contributed by atoms with E-state index in [1.165, 1.54) is 0 Å². The molecule has 4 rings (SSSR count). The third-order valence-electron chi connectivity index (χ3n) is 4.82. The van der Waals surface area contributed by atoms with Gasteiger partial charge in [0.05, 0.1) is 11.1 Å². The van der Waals surface area contributed by atoms with Crippen molar-refractivity contribution in [1.82, 2.24) is 10.2 Å². The largest absolute Gasteiger partial charge is 0.326 e. The van der Waals surface area contributed by atoms with Crippen LogP contribution in [0.25, 0.3) is 10.8 Å². The molecule has 5 nitrogen and oxygen atoms in total. The highest BCUT2D eigenvalue weighted by molar-refractivity contribution is 5.93. The number of carbonyl (C=O) groups excluding carboxylic acids is 1. The molecule has 1 aliphatic carbocycles. The van der Waals surface area contributed by atoms with Crippen LogP contribution in [0.2, 0.25) is 0 Å². The zero-order valence-electron chi connectivity index (χ0n) is 13.8. The summed E-state index contributed by atoms with van der Waals surface area (Å²) in [7, 11) is 0. The molecule has 0 bridgehead atoms. The first-order valence-electron chi connectivity index (χ1n) is 8.57. The van der Waals surface area contributed by atoms with E-state index in [2.05, 4.69) is 15.5 Å². The third-order valence-corrected chi connectivity index (χ3v) is 4.82. The summed E-state index contributed by atoms with van der Waals surface area (Å²) < 4.78 is 0. The summed E-state index contributed by atoms with van der Waals surface area (Å²) in [4.78, 5) is 24.0. The highest BCUT2D eigenvalue weighted by atomic mass is 16.2. The summed E-state index contributed by atoms with van der Waals surface area (Å²) in [6.07, 6.45) is 3.70. The van der Waals surface area contributed by atoms with Crippen molar-refractivity contribution in [3.8, 4) is 0 Å². The van der Waals surface area contributed by atoms with Crippen LogP contribution < -0.4 is 10.9 Å². The van der Waals surface area contributed by atoms with Crippen molar-refractivity contribution in [3.05, 3.63) is 70.1 Å². The highest BCUT2D eigenvalue weighted by Gasteiger charge is 2.25. The van der Waals surface area contributed by atoms with Crippen LogP contribution in [0.4, 0.5) is 5.69 Å². The number of hydrogen-bond donors (Lipinski definition) is 2. The molecular formula is C20H19N3O2. The minimum atomic E-state index is -0.180. The number of anilines is 1. The molecule has 126 valence electrons. The average molecular weight is 333 g/mol. The summed E-state index contributed by atoms with van der Waals surface area (Å²) in [5.74, 6) is 0.268. The number of benzene rings is 2. The third kappa shape index (κ3) is 3.18. The van der Waals surface area contributed by atoms with Crippen molar-refractivity contribution in [1.29, 1.82) is 0 Å². The van der Waals surface area contributed by atoms with E-state index in [1.807, 2.05) is 42.5 Å². The first-order chi connectivity index (χ1) is 12.2. The van der Waals surface area contributed by atoms with Gasteiger partial charge in [-0.25, -0.2) is 5.10 Å². The second kappa shape index (κ2) is 6.51. The van der Waals surface area contributed by atoms with Crippen molar-refractivity contribution in [2.45, 2.75) is 25.7 Å². The lowest BCUT2D eigenvalue weighted by Gasteiger charge is -2.24. The van der Waals surface area contributed by atoms with Crippen molar-refractivity contribution >= 4 is 22.4 Å². The van der Waals surface area contributed by atoms with Crippen molar-refractivity contribution in [3.63, 3.8) is 0 Å². The lowest BCUT2D eigenvalue weighted by Crippen LogP contribution is -2.28. The Labute approximate surface area is 145 Å². The topological polar surface area (TPSA) is 74.8 Å². The zero-order chi connectivity index (χ0) is 17.2. The Kier molecular flexibility index (Phi) is 4.06. The Hall–Kier alpha value is -2.95. The Balaban J connectivity index is 1.59. The van der Waals surface area contributed by atoms with Crippen molar-refractivity contribution in [2.75, 3.05) is 5.32 Å². The molecule has 1 aromatic heterocycles. The van der Waals surface area contributed by atoms with Crippen molar-refractivity contribution < 1.29 is 4.79 Å². The molecule has 25 heavy (non-hydrogen) atoms. The fourth-order valence-electron chi connectivity index (χ4n) is 3.17. The number of nitrogens with one attached hydrogen (secondary N) is 2. The van der Waals surface area contributed by atoms with Gasteiger partial charge in [-0.05, 0) is 36.6 Å². The van der Waals surface area contributed by atoms with Gasteiger partial charge in [0.15, 0.2) is 0 Å². The van der Waals surface area contributed by atoms with E-state index in [0.717, 1.165) is 41.6 Å². The molecule has 1 fully saturated rings. The number of fused-ring (bicyclic) bond motifs is 1. The summed E-state index contributed by atoms with van der Waals surface area (Å²) >= 11 is 0. The first kappa shape index (κ1) is 15.6. The lowest BCUT2D eigenvalue weighted by atomic mass is 9.85. The van der Waals surface area contributed by atoms with Gasteiger partial charge in [-0.1, -0.05) is 36.8 Å². The number of hydrogen-bond acceptors (Lipinski definition) is 3. The maximum absolute atomic E-state index is 12.1. The van der Waals surface area contributed by atoms with Gasteiger partial charge >= 0.3 is 0 Å². The summed E-state index contributed by atoms with van der Waals surface area (Å²) in [6.45, 7) is 0. The number of amides is 1. The van der Waals surface area contributed by atoms with Gasteiger partial charge in [0, 0.05) is 23.4 Å². The Morgan fingerprint density at radius 2 is 1.92 bits per heavy atom. The monoisotopic (exact) mass is 333 g/mol. The molecular weight excluding hydrogens is 314 g/mol. The normalized spacial score (nSPS) is 14.2. The van der Waals surface area contributed by atoms with Crippen LogP contribution in [-0.2, 0) is 11.2 Å². The van der Waals surface area contributed by atoms with Gasteiger partial charge in [-0.2, -0.15) is 5.10 Å². The van der Waals surface area contributed by atoms with Gasteiger partial charge < -0.3 is 5.32 Å². The quantitative estimate of drug-likeness (QED) is 0.769. The number of carbonyl (C=O) groups is 1. The summed E-state index contributed by atoms with van der Waals surface area (Å²) in [5.41, 5.74) is 2.48. The number of aromatic amines is 1. The average Bonchev–Trinajstić information content (AvgIpc) is 2.56. The molecule has 2 N–H and O–H groups in total. The first-order valence-corrected chi connectivity index (χ1v) is 8.57. The molecule has 0 aliphatic heterocycles. The molecule has 1 aliphatic rings. The van der Waals surface area contributed by atoms with Crippen LogP contribution >= 0.6 is 0 Å². The van der Waals surface area contributed by atoms with Gasteiger partial charge in [-0.3, -0.25) is 9.59 Å². The minimum Gasteiger partial charge on any atom is -0.326 e. The Morgan fingerprint density at radius 1 is 1.12 bits per heavy atom. The van der Waals surface area contributed by atoms with E-state index in [1.54, 1.807) is 6.07 Å². The molecule has 0 atom stereocenters. The van der Waals surface area contributed by atoms with Crippen LogP contribution in [0.3, 0.4) is 0 Å². The maximum Gasteiger partial charge on any atom is 0.272 e. The predicted octanol–water partition coefficient (Wildman–Crippen LogP) is 3.25. The number of rotatable bonds is 4. The molecule has 3 aromatic rings. The van der Waals surface area contributed by atoms with E-state index in [4.69, 9.17) is 0 Å². The molecule has 0 radical (unpaired) electrons. The number of H-pyrrole nitrogens is 1. The summed E-state index contributed by atoms with van der Waals surface area (Å²) in [5, 5.41) is 11.3. The number of nitrogens with zero attached hydrogens (tertiary/aromatic N) is 1. The zero-order valence-corrected chi connectivity index (χ0v) is 13.8. The molecule has 1 saturated carbocycles. The van der Waals surface area contributed by atoms with Crippen LogP contribution in [0.5, 0.6) is 0 Å². The van der Waals surface area contributed by atoms with Gasteiger partial charge in [0.1, 0.15) is 0 Å². The van der Waals surface area contributed by atoms with E-state index in [-0.39, 0.29) is 17.4 Å². The molecule has 1 amide bonds. The van der Waals surface area contributed by atoms with E-state index >= 15 is 0 Å². The second-order valence-corrected chi connectivity index (χ2v) is 6.54. The van der Waals surface area contributed by atoms with Crippen LogP contribution in [0, 0.1) is 5.92 Å². The molecule has 0 unspecified atom stereocenters. The Morgan fingerprint density at radius 3 is 2.68 bits per heavy atom. The molecule has 0 spiro atoms. The van der Waals surface area contributed by atoms with Gasteiger partial charge in [0.2, 0.25) is 5.91 Å². The van der Waals surface area contributed by atoms with E-state index in [0.29, 0.717) is 11.8 Å². The van der Waals surface area contributed by atoms with Crippen LogP contribution in [0.1, 0.15) is 30.5 Å². The highest BCUT2D eigenvalue weighted by Crippen LogP contribution is 2.28. The lowest BCUT2D eigenvalue weighted by molar-refractivity contribution is -0.122.